The summed E-state index contributed by atoms with van der Waals surface area (Å²) in [4.78, 5) is 28.7. The van der Waals surface area contributed by atoms with Crippen molar-refractivity contribution in [1.82, 2.24) is 4.98 Å². The number of aliphatic hydroxyl groups is 3. The van der Waals surface area contributed by atoms with Crippen LogP contribution in [0.5, 0.6) is 0 Å². The molecule has 0 atom stereocenters. The predicted octanol–water partition coefficient (Wildman–Crippen LogP) is 0.479. The second-order valence-corrected chi connectivity index (χ2v) is 5.73. The Morgan fingerprint density at radius 3 is 2.08 bits per heavy atom. The van der Waals surface area contributed by atoms with E-state index in [0.717, 1.165) is 0 Å². The monoisotopic (exact) mass is 341 g/mol. The normalized spacial score (nSPS) is 15.3. The lowest BCUT2D eigenvalue weighted by atomic mass is 10.1. The molecule has 0 fully saturated rings. The molecule has 0 radical (unpaired) electrons. The maximum absolute atomic E-state index is 12.8. The summed E-state index contributed by atoms with van der Waals surface area (Å²) in [7, 11) is 0. The fraction of sp³-hybridized carbons (Fsp3) is 0.167. The van der Waals surface area contributed by atoms with Gasteiger partial charge in [0.2, 0.25) is 5.43 Å². The van der Waals surface area contributed by atoms with Gasteiger partial charge in [-0.05, 0) is 32.9 Å². The number of fused-ring (bicyclic) bond motifs is 2. The van der Waals surface area contributed by atoms with Crippen molar-refractivity contribution in [2.45, 2.75) is 20.8 Å². The largest absolute Gasteiger partial charge is 0.512 e. The van der Waals surface area contributed by atoms with Crippen molar-refractivity contribution in [3.63, 3.8) is 0 Å². The Hall–Kier alpha value is -3.35. The fourth-order valence-corrected chi connectivity index (χ4v) is 2.82. The first-order chi connectivity index (χ1) is 11.7. The Balaban J connectivity index is 2.92. The second kappa shape index (κ2) is 5.62. The van der Waals surface area contributed by atoms with E-state index in [9.17, 15) is 24.9 Å². The van der Waals surface area contributed by atoms with Crippen molar-refractivity contribution in [3.8, 4) is 0 Å². The van der Waals surface area contributed by atoms with Gasteiger partial charge in [-0.1, -0.05) is 0 Å². The van der Waals surface area contributed by atoms with Crippen LogP contribution < -0.4 is 26.5 Å². The summed E-state index contributed by atoms with van der Waals surface area (Å²) in [5, 5.41) is 29.7. The van der Waals surface area contributed by atoms with Crippen LogP contribution in [0.4, 0.5) is 0 Å². The van der Waals surface area contributed by atoms with Crippen LogP contribution in [0.15, 0.2) is 32.2 Å². The molecular weight excluding hydrogens is 326 g/mol. The van der Waals surface area contributed by atoms with Crippen molar-refractivity contribution in [1.29, 1.82) is 0 Å². The van der Waals surface area contributed by atoms with Gasteiger partial charge in [0, 0.05) is 6.07 Å². The Morgan fingerprint density at radius 1 is 0.920 bits per heavy atom. The minimum Gasteiger partial charge on any atom is -0.512 e. The van der Waals surface area contributed by atoms with E-state index in [0.29, 0.717) is 5.52 Å². The SMILES string of the molecule is C/C(O)=c1\c(=C(\C)O)c(=O)/c(=C(\C)O)c2oc3cc(=O)ccc3nc12. The molecule has 0 saturated carbocycles. The first-order valence-electron chi connectivity index (χ1n) is 7.42. The first kappa shape index (κ1) is 16.5. The Kier molecular flexibility index (Phi) is 3.71. The van der Waals surface area contributed by atoms with E-state index in [2.05, 4.69) is 4.98 Å². The number of nitrogens with zero attached hydrogens (tertiary/aromatic N) is 1. The summed E-state index contributed by atoms with van der Waals surface area (Å²) in [6, 6.07) is 3.98. The molecule has 3 rings (SSSR count). The molecule has 0 spiro atoms. The lowest BCUT2D eigenvalue weighted by molar-refractivity contribution is 0.488. The molecule has 1 aromatic heterocycles. The molecule has 3 aromatic rings. The number of hydrogen-bond donors (Lipinski definition) is 3. The standard InChI is InChI=1S/C18H15NO6/c1-7(20)13-14(8(2)21)17(24)15(9(3)22)18-16(13)19-11-5-4-10(23)6-12(11)25-18/h4-6,20-22H,1-3H3/b13-7-,14-8+,15-9-. The van der Waals surface area contributed by atoms with E-state index in [1.54, 1.807) is 0 Å². The number of rotatable bonds is 0. The molecule has 0 amide bonds. The topological polar surface area (TPSA) is 121 Å². The molecule has 0 bridgehead atoms. The molecule has 3 N–H and O–H groups in total. The van der Waals surface area contributed by atoms with Gasteiger partial charge in [-0.2, -0.15) is 0 Å². The van der Waals surface area contributed by atoms with E-state index >= 15 is 0 Å². The van der Waals surface area contributed by atoms with E-state index in [1.165, 1.54) is 39.0 Å². The summed E-state index contributed by atoms with van der Waals surface area (Å²) in [6.45, 7) is 3.95. The third-order valence-electron chi connectivity index (χ3n) is 3.84. The molecular formula is C18H15NO6. The average molecular weight is 341 g/mol. The van der Waals surface area contributed by atoms with Crippen molar-refractivity contribution >= 4 is 39.5 Å². The Morgan fingerprint density at radius 2 is 1.52 bits per heavy atom. The third-order valence-corrected chi connectivity index (χ3v) is 3.84. The highest BCUT2D eigenvalue weighted by atomic mass is 16.3. The molecule has 25 heavy (non-hydrogen) atoms. The molecule has 1 heterocycles. The first-order valence-corrected chi connectivity index (χ1v) is 7.42. The maximum Gasteiger partial charge on any atom is 0.204 e. The van der Waals surface area contributed by atoms with Gasteiger partial charge in [0.1, 0.15) is 27.8 Å². The van der Waals surface area contributed by atoms with Gasteiger partial charge in [-0.3, -0.25) is 9.59 Å². The molecule has 0 saturated heterocycles. The van der Waals surface area contributed by atoms with Crippen molar-refractivity contribution < 1.29 is 19.7 Å². The molecule has 0 aliphatic heterocycles. The molecule has 0 unspecified atom stereocenters. The predicted molar refractivity (Wildman–Crippen MR) is 93.7 cm³/mol. The molecule has 0 aliphatic carbocycles. The smallest absolute Gasteiger partial charge is 0.204 e. The zero-order chi connectivity index (χ0) is 18.5. The van der Waals surface area contributed by atoms with Crippen LogP contribution in [0.25, 0.3) is 39.5 Å². The second-order valence-electron chi connectivity index (χ2n) is 5.73. The van der Waals surface area contributed by atoms with Crippen molar-refractivity contribution in [3.05, 3.63) is 54.3 Å². The van der Waals surface area contributed by atoms with Crippen LogP contribution in [-0.4, -0.2) is 20.3 Å². The van der Waals surface area contributed by atoms with Crippen molar-refractivity contribution in [2.24, 2.45) is 0 Å². The van der Waals surface area contributed by atoms with Gasteiger partial charge in [0.25, 0.3) is 0 Å². The summed E-state index contributed by atoms with van der Waals surface area (Å²) in [5.74, 6) is -0.896. The molecule has 7 heteroatoms. The van der Waals surface area contributed by atoms with Crippen LogP contribution in [-0.2, 0) is 0 Å². The highest BCUT2D eigenvalue weighted by molar-refractivity contribution is 5.85. The van der Waals surface area contributed by atoms with Gasteiger partial charge in [-0.25, -0.2) is 4.98 Å². The number of hydrogen-bond acceptors (Lipinski definition) is 7. The summed E-state index contributed by atoms with van der Waals surface area (Å²) in [6.07, 6.45) is 0. The molecule has 2 aromatic carbocycles. The Labute approximate surface area is 140 Å². The molecule has 7 nitrogen and oxygen atoms in total. The fourth-order valence-electron chi connectivity index (χ4n) is 2.82. The van der Waals surface area contributed by atoms with E-state index < -0.39 is 5.43 Å². The highest BCUT2D eigenvalue weighted by Gasteiger charge is 2.15. The van der Waals surface area contributed by atoms with Crippen LogP contribution in [0.2, 0.25) is 0 Å². The van der Waals surface area contributed by atoms with Gasteiger partial charge in [0.05, 0.1) is 16.2 Å². The zero-order valence-corrected chi connectivity index (χ0v) is 13.7. The summed E-state index contributed by atoms with van der Waals surface area (Å²) < 4.78 is 5.67. The summed E-state index contributed by atoms with van der Waals surface area (Å²) in [5.41, 5.74) is -0.516. The van der Waals surface area contributed by atoms with Crippen LogP contribution in [0.3, 0.4) is 0 Å². The van der Waals surface area contributed by atoms with Crippen molar-refractivity contribution in [2.75, 3.05) is 0 Å². The lowest BCUT2D eigenvalue weighted by Crippen LogP contribution is -2.51. The number of benzene rings is 2. The molecule has 0 aliphatic rings. The van der Waals surface area contributed by atoms with E-state index in [1.807, 2.05) is 0 Å². The minimum absolute atomic E-state index is 0.0156. The third kappa shape index (κ3) is 2.50. The maximum atomic E-state index is 12.8. The van der Waals surface area contributed by atoms with Gasteiger partial charge >= 0.3 is 0 Å². The number of aromatic nitrogens is 1. The average Bonchev–Trinajstić information content (AvgIpc) is 2.50. The van der Waals surface area contributed by atoms with E-state index in [4.69, 9.17) is 4.42 Å². The summed E-state index contributed by atoms with van der Waals surface area (Å²) >= 11 is 0. The van der Waals surface area contributed by atoms with Crippen LogP contribution in [0.1, 0.15) is 20.8 Å². The lowest BCUT2D eigenvalue weighted by Gasteiger charge is -2.05. The minimum atomic E-state index is -0.709. The molecule has 128 valence electrons. The van der Waals surface area contributed by atoms with Gasteiger partial charge in [0.15, 0.2) is 16.6 Å². The van der Waals surface area contributed by atoms with E-state index in [-0.39, 0.29) is 55.0 Å². The van der Waals surface area contributed by atoms with Gasteiger partial charge < -0.3 is 19.7 Å². The zero-order valence-electron chi connectivity index (χ0n) is 13.7. The number of aliphatic hydroxyl groups excluding tert-OH is 3. The van der Waals surface area contributed by atoms with Gasteiger partial charge in [-0.15, -0.1) is 0 Å². The van der Waals surface area contributed by atoms with Crippen LogP contribution in [0, 0.1) is 0 Å². The quantitative estimate of drug-likeness (QED) is 0.509. The highest BCUT2D eigenvalue weighted by Crippen LogP contribution is 2.13. The van der Waals surface area contributed by atoms with Crippen LogP contribution >= 0.6 is 0 Å². The Bertz CT molecular complexity index is 1320.